The molecule has 2 atom stereocenters. The number of likely N-dealkylation sites (tertiary alicyclic amines) is 1. The van der Waals surface area contributed by atoms with Crippen LogP contribution in [0.4, 0.5) is 4.79 Å². The van der Waals surface area contributed by atoms with Crippen LogP contribution in [0.2, 0.25) is 0 Å². The van der Waals surface area contributed by atoms with E-state index in [9.17, 15) is 9.90 Å². The van der Waals surface area contributed by atoms with E-state index in [1.165, 1.54) is 0 Å². The number of aliphatic hydroxyl groups is 1. The van der Waals surface area contributed by atoms with E-state index < -0.39 is 5.60 Å². The van der Waals surface area contributed by atoms with E-state index in [0.717, 1.165) is 38.9 Å². The lowest BCUT2D eigenvalue weighted by Gasteiger charge is -2.37. The average molecular weight is 328 g/mol. The highest BCUT2D eigenvalue weighted by molar-refractivity contribution is 5.68. The number of carbonyl (C=O) groups is 1. The minimum atomic E-state index is -0.444. The highest BCUT2D eigenvalue weighted by atomic mass is 16.6. The summed E-state index contributed by atoms with van der Waals surface area (Å²) in [4.78, 5) is 14.0. The molecule has 1 rings (SSSR count). The molecule has 1 fully saturated rings. The number of carbonyl (C=O) groups excluding carboxylic acids is 1. The predicted molar refractivity (Wildman–Crippen MR) is 93.5 cm³/mol. The van der Waals surface area contributed by atoms with Crippen molar-refractivity contribution < 1.29 is 14.6 Å². The van der Waals surface area contributed by atoms with Crippen molar-refractivity contribution >= 4 is 6.09 Å². The van der Waals surface area contributed by atoms with Gasteiger partial charge in [-0.2, -0.15) is 0 Å². The number of hydrogen-bond donors (Lipinski definition) is 2. The Balaban J connectivity index is 2.50. The van der Waals surface area contributed by atoms with Crippen LogP contribution in [-0.2, 0) is 4.74 Å². The Morgan fingerprint density at radius 3 is 2.48 bits per heavy atom. The van der Waals surface area contributed by atoms with Gasteiger partial charge in [0.05, 0.1) is 0 Å². The van der Waals surface area contributed by atoms with Crippen LogP contribution in [0.25, 0.3) is 0 Å². The second kappa shape index (κ2) is 8.34. The van der Waals surface area contributed by atoms with Crippen LogP contribution in [0, 0.1) is 11.3 Å². The second-order valence-electron chi connectivity index (χ2n) is 8.77. The van der Waals surface area contributed by atoms with Gasteiger partial charge in [0, 0.05) is 25.7 Å². The lowest BCUT2D eigenvalue weighted by atomic mass is 9.84. The van der Waals surface area contributed by atoms with E-state index in [2.05, 4.69) is 26.1 Å². The van der Waals surface area contributed by atoms with Gasteiger partial charge in [0.15, 0.2) is 0 Å². The molecule has 0 aromatic carbocycles. The van der Waals surface area contributed by atoms with E-state index in [1.807, 2.05) is 25.7 Å². The van der Waals surface area contributed by atoms with Crippen molar-refractivity contribution in [3.8, 4) is 0 Å². The summed E-state index contributed by atoms with van der Waals surface area (Å²) in [5.74, 6) is 0.444. The lowest BCUT2D eigenvalue weighted by molar-refractivity contribution is 0.0162. The quantitative estimate of drug-likeness (QED) is 0.814. The highest BCUT2D eigenvalue weighted by Crippen LogP contribution is 2.23. The molecule has 0 spiro atoms. The SMILES string of the molecule is CC(C)(C)OC(=O)N1CCCC(CNC(CCO)C(C)(C)C)C1. The summed E-state index contributed by atoms with van der Waals surface area (Å²) < 4.78 is 5.48. The molecule has 23 heavy (non-hydrogen) atoms. The predicted octanol–water partition coefficient (Wildman–Crippen LogP) is 3.02. The summed E-state index contributed by atoms with van der Waals surface area (Å²) in [5, 5.41) is 12.8. The number of rotatable bonds is 5. The van der Waals surface area contributed by atoms with Gasteiger partial charge in [-0.05, 0) is 57.9 Å². The van der Waals surface area contributed by atoms with Crippen LogP contribution >= 0.6 is 0 Å². The highest BCUT2D eigenvalue weighted by Gasteiger charge is 2.29. The third-order valence-electron chi connectivity index (χ3n) is 4.29. The van der Waals surface area contributed by atoms with Crippen LogP contribution in [0.1, 0.15) is 60.8 Å². The fourth-order valence-electron chi connectivity index (χ4n) is 3.00. The van der Waals surface area contributed by atoms with Gasteiger partial charge in [0.2, 0.25) is 0 Å². The lowest BCUT2D eigenvalue weighted by Crippen LogP contribution is -2.48. The molecule has 2 N–H and O–H groups in total. The van der Waals surface area contributed by atoms with Crippen LogP contribution in [0.5, 0.6) is 0 Å². The standard InChI is InChI=1S/C18H36N2O3/c1-17(2,3)15(9-11-21)19-12-14-8-7-10-20(13-14)16(22)23-18(4,5)6/h14-15,19,21H,7-13H2,1-6H3. The summed E-state index contributed by atoms with van der Waals surface area (Å²) >= 11 is 0. The Labute approximate surface area is 141 Å². The number of aliphatic hydroxyl groups excluding tert-OH is 1. The maximum Gasteiger partial charge on any atom is 0.410 e. The van der Waals surface area contributed by atoms with E-state index in [-0.39, 0.29) is 24.2 Å². The molecule has 1 amide bonds. The third-order valence-corrected chi connectivity index (χ3v) is 4.29. The molecule has 1 aliphatic heterocycles. The van der Waals surface area contributed by atoms with E-state index in [1.54, 1.807) is 0 Å². The molecule has 0 aromatic heterocycles. The van der Waals surface area contributed by atoms with Crippen molar-refractivity contribution in [1.82, 2.24) is 10.2 Å². The molecule has 0 saturated carbocycles. The van der Waals surface area contributed by atoms with Crippen molar-refractivity contribution in [3.63, 3.8) is 0 Å². The molecular formula is C18H36N2O3. The van der Waals surface area contributed by atoms with Gasteiger partial charge >= 0.3 is 6.09 Å². The Kier molecular flexibility index (Phi) is 7.33. The van der Waals surface area contributed by atoms with Gasteiger partial charge in [0.1, 0.15) is 5.60 Å². The molecule has 0 aromatic rings. The Bertz CT molecular complexity index is 371. The number of nitrogens with one attached hydrogen (secondary N) is 1. The molecule has 0 bridgehead atoms. The molecule has 1 heterocycles. The largest absolute Gasteiger partial charge is 0.444 e. The minimum Gasteiger partial charge on any atom is -0.444 e. The van der Waals surface area contributed by atoms with Crippen LogP contribution in [0.3, 0.4) is 0 Å². The Morgan fingerprint density at radius 2 is 1.96 bits per heavy atom. The van der Waals surface area contributed by atoms with Gasteiger partial charge in [-0.1, -0.05) is 20.8 Å². The molecule has 0 aliphatic carbocycles. The maximum atomic E-state index is 12.2. The second-order valence-corrected chi connectivity index (χ2v) is 8.77. The average Bonchev–Trinajstić information content (AvgIpc) is 2.40. The number of amides is 1. The first-order valence-electron chi connectivity index (χ1n) is 8.85. The van der Waals surface area contributed by atoms with E-state index in [4.69, 9.17) is 4.74 Å². The van der Waals surface area contributed by atoms with Gasteiger partial charge in [-0.3, -0.25) is 0 Å². The minimum absolute atomic E-state index is 0.113. The van der Waals surface area contributed by atoms with Gasteiger partial charge < -0.3 is 20.1 Å². The normalized spacial score (nSPS) is 21.2. The first-order valence-corrected chi connectivity index (χ1v) is 8.85. The fraction of sp³-hybridized carbons (Fsp3) is 0.944. The zero-order valence-electron chi connectivity index (χ0n) is 15.8. The summed E-state index contributed by atoms with van der Waals surface area (Å²) in [6.45, 7) is 14.9. The van der Waals surface area contributed by atoms with Gasteiger partial charge in [0.25, 0.3) is 0 Å². The number of piperidine rings is 1. The Hall–Kier alpha value is -0.810. The third kappa shape index (κ3) is 7.53. The van der Waals surface area contributed by atoms with Crippen molar-refractivity contribution in [2.75, 3.05) is 26.2 Å². The molecule has 5 nitrogen and oxygen atoms in total. The first-order chi connectivity index (χ1) is 10.5. The molecule has 2 unspecified atom stereocenters. The van der Waals surface area contributed by atoms with Gasteiger partial charge in [-0.15, -0.1) is 0 Å². The smallest absolute Gasteiger partial charge is 0.410 e. The number of nitrogens with zero attached hydrogens (tertiary/aromatic N) is 1. The Morgan fingerprint density at radius 1 is 1.30 bits per heavy atom. The monoisotopic (exact) mass is 328 g/mol. The maximum absolute atomic E-state index is 12.2. The van der Waals surface area contributed by atoms with Crippen molar-refractivity contribution in [2.45, 2.75) is 72.4 Å². The summed E-state index contributed by atoms with van der Waals surface area (Å²) in [6, 6.07) is 0.282. The van der Waals surface area contributed by atoms with Crippen LogP contribution < -0.4 is 5.32 Å². The van der Waals surface area contributed by atoms with E-state index >= 15 is 0 Å². The molecule has 0 radical (unpaired) electrons. The van der Waals surface area contributed by atoms with Crippen LogP contribution in [0.15, 0.2) is 0 Å². The molecule has 1 saturated heterocycles. The first kappa shape index (κ1) is 20.2. The van der Waals surface area contributed by atoms with Crippen molar-refractivity contribution in [1.29, 1.82) is 0 Å². The number of ether oxygens (including phenoxy) is 1. The van der Waals surface area contributed by atoms with Crippen LogP contribution in [-0.4, -0.2) is 54.0 Å². The summed E-state index contributed by atoms with van der Waals surface area (Å²) in [6.07, 6.45) is 2.70. The fourth-order valence-corrected chi connectivity index (χ4v) is 3.00. The van der Waals surface area contributed by atoms with Gasteiger partial charge in [-0.25, -0.2) is 4.79 Å². The zero-order chi connectivity index (χ0) is 17.7. The van der Waals surface area contributed by atoms with Crippen molar-refractivity contribution in [2.24, 2.45) is 11.3 Å². The molecule has 5 heteroatoms. The molecule has 136 valence electrons. The summed E-state index contributed by atoms with van der Waals surface area (Å²) in [7, 11) is 0. The molecule has 1 aliphatic rings. The number of hydrogen-bond acceptors (Lipinski definition) is 4. The van der Waals surface area contributed by atoms with Crippen molar-refractivity contribution in [3.05, 3.63) is 0 Å². The van der Waals surface area contributed by atoms with E-state index in [0.29, 0.717) is 5.92 Å². The summed E-state index contributed by atoms with van der Waals surface area (Å²) in [5.41, 5.74) is -0.330. The topological polar surface area (TPSA) is 61.8 Å². The zero-order valence-corrected chi connectivity index (χ0v) is 15.8. The molecular weight excluding hydrogens is 292 g/mol.